The van der Waals surface area contributed by atoms with Gasteiger partial charge in [-0.2, -0.15) is 0 Å². The minimum atomic E-state index is -1.11. The first-order chi connectivity index (χ1) is 15.2. The lowest BCUT2D eigenvalue weighted by Crippen LogP contribution is -2.61. The van der Waals surface area contributed by atoms with E-state index in [0.717, 1.165) is 19.6 Å². The summed E-state index contributed by atoms with van der Waals surface area (Å²) in [5, 5.41) is 0. The number of nitrogens with zero attached hydrogens (tertiary/aromatic N) is 1. The molecule has 2 saturated heterocycles. The zero-order valence-corrected chi connectivity index (χ0v) is 19.9. The number of esters is 4. The van der Waals surface area contributed by atoms with Gasteiger partial charge in [-0.1, -0.05) is 6.42 Å². The maximum atomic E-state index is 11.8. The lowest BCUT2D eigenvalue weighted by molar-refractivity contribution is -0.237. The lowest BCUT2D eigenvalue weighted by Gasteiger charge is -2.44. The van der Waals surface area contributed by atoms with Crippen molar-refractivity contribution in [3.8, 4) is 0 Å². The van der Waals surface area contributed by atoms with Gasteiger partial charge in [0.05, 0.1) is 0 Å². The van der Waals surface area contributed by atoms with Crippen LogP contribution >= 0.6 is 11.8 Å². The van der Waals surface area contributed by atoms with Crippen LogP contribution in [0.1, 0.15) is 47.0 Å². The standard InChI is InChI=1S/C21H33NO9S/c1-13(23)27-12-17-18(28-14(2)24)19(29-15(3)25)20(30-16(4)26)21(31-17)32-11-10-22-8-6-5-7-9-22/h17-21H,5-12H2,1-4H3. The molecule has 10 nitrogen and oxygen atoms in total. The van der Waals surface area contributed by atoms with Crippen molar-refractivity contribution in [3.05, 3.63) is 0 Å². The lowest BCUT2D eigenvalue weighted by atomic mass is 9.99. The van der Waals surface area contributed by atoms with E-state index >= 15 is 0 Å². The fraction of sp³-hybridized carbons (Fsp3) is 0.810. The summed E-state index contributed by atoms with van der Waals surface area (Å²) >= 11 is 1.42. The maximum Gasteiger partial charge on any atom is 0.303 e. The predicted molar refractivity (Wildman–Crippen MR) is 115 cm³/mol. The van der Waals surface area contributed by atoms with Gasteiger partial charge < -0.3 is 28.6 Å². The highest BCUT2D eigenvalue weighted by Crippen LogP contribution is 2.34. The molecule has 182 valence electrons. The third kappa shape index (κ3) is 8.59. The summed E-state index contributed by atoms with van der Waals surface area (Å²) in [5.74, 6) is -1.70. The average Bonchev–Trinajstić information content (AvgIpc) is 2.70. The van der Waals surface area contributed by atoms with E-state index in [1.807, 2.05) is 0 Å². The Labute approximate surface area is 192 Å². The van der Waals surface area contributed by atoms with Gasteiger partial charge in [-0.15, -0.1) is 11.8 Å². The number of thioether (sulfide) groups is 1. The zero-order valence-electron chi connectivity index (χ0n) is 19.1. The Morgan fingerprint density at radius 3 is 1.94 bits per heavy atom. The topological polar surface area (TPSA) is 118 Å². The molecule has 0 aromatic carbocycles. The van der Waals surface area contributed by atoms with Crippen molar-refractivity contribution in [1.29, 1.82) is 0 Å². The molecule has 0 N–H and O–H groups in total. The monoisotopic (exact) mass is 475 g/mol. The highest BCUT2D eigenvalue weighted by Gasteiger charge is 2.52. The Morgan fingerprint density at radius 2 is 1.38 bits per heavy atom. The molecular formula is C21H33NO9S. The van der Waals surface area contributed by atoms with E-state index in [1.165, 1.54) is 58.7 Å². The summed E-state index contributed by atoms with van der Waals surface area (Å²) in [6.45, 7) is 7.61. The van der Waals surface area contributed by atoms with Crippen molar-refractivity contribution in [2.75, 3.05) is 32.0 Å². The van der Waals surface area contributed by atoms with Crippen molar-refractivity contribution >= 4 is 35.6 Å². The van der Waals surface area contributed by atoms with E-state index in [9.17, 15) is 19.2 Å². The van der Waals surface area contributed by atoms with Gasteiger partial charge in [-0.3, -0.25) is 19.2 Å². The Kier molecular flexibility index (Phi) is 10.7. The van der Waals surface area contributed by atoms with E-state index in [2.05, 4.69) is 4.90 Å². The van der Waals surface area contributed by atoms with E-state index in [-0.39, 0.29) is 6.61 Å². The number of likely N-dealkylation sites (tertiary alicyclic amines) is 1. The second kappa shape index (κ2) is 13.0. The number of hydrogen-bond acceptors (Lipinski definition) is 11. The third-order valence-corrected chi connectivity index (χ3v) is 6.21. The first-order valence-electron chi connectivity index (χ1n) is 10.8. The molecule has 32 heavy (non-hydrogen) atoms. The summed E-state index contributed by atoms with van der Waals surface area (Å²) in [6.07, 6.45) is -0.537. The minimum absolute atomic E-state index is 0.207. The Hall–Kier alpha value is -1.85. The fourth-order valence-electron chi connectivity index (χ4n) is 3.80. The summed E-state index contributed by atoms with van der Waals surface area (Å²) in [5.41, 5.74) is -0.708. The Bertz CT molecular complexity index is 668. The van der Waals surface area contributed by atoms with E-state index < -0.39 is 53.7 Å². The second-order valence-corrected chi connectivity index (χ2v) is 9.05. The second-order valence-electron chi connectivity index (χ2n) is 7.84. The van der Waals surface area contributed by atoms with Crippen LogP contribution in [0.25, 0.3) is 0 Å². The zero-order chi connectivity index (χ0) is 23.7. The first-order valence-corrected chi connectivity index (χ1v) is 11.9. The molecule has 0 aliphatic carbocycles. The fourth-order valence-corrected chi connectivity index (χ4v) is 5.02. The normalized spacial score (nSPS) is 28.4. The molecule has 5 unspecified atom stereocenters. The average molecular weight is 476 g/mol. The van der Waals surface area contributed by atoms with Crippen LogP contribution in [0, 0.1) is 0 Å². The van der Waals surface area contributed by atoms with Gasteiger partial charge in [0.25, 0.3) is 0 Å². The van der Waals surface area contributed by atoms with Gasteiger partial charge in [0.1, 0.15) is 18.1 Å². The predicted octanol–water partition coefficient (Wildman–Crippen LogP) is 1.29. The number of carbonyl (C=O) groups excluding carboxylic acids is 4. The molecule has 2 fully saturated rings. The van der Waals surface area contributed by atoms with Gasteiger partial charge >= 0.3 is 23.9 Å². The van der Waals surface area contributed by atoms with Gasteiger partial charge in [0.2, 0.25) is 0 Å². The van der Waals surface area contributed by atoms with Crippen LogP contribution < -0.4 is 0 Å². The van der Waals surface area contributed by atoms with Gasteiger partial charge in [-0.05, 0) is 25.9 Å². The molecule has 0 amide bonds. The van der Waals surface area contributed by atoms with Crippen LogP contribution in [0.4, 0.5) is 0 Å². The van der Waals surface area contributed by atoms with Crippen LogP contribution in [-0.4, -0.2) is 90.6 Å². The molecule has 11 heteroatoms. The molecule has 0 spiro atoms. The maximum absolute atomic E-state index is 11.8. The van der Waals surface area contributed by atoms with Crippen LogP contribution in [0.5, 0.6) is 0 Å². The van der Waals surface area contributed by atoms with Crippen molar-refractivity contribution in [3.63, 3.8) is 0 Å². The van der Waals surface area contributed by atoms with Crippen LogP contribution in [0.15, 0.2) is 0 Å². The Morgan fingerprint density at radius 1 is 0.812 bits per heavy atom. The van der Waals surface area contributed by atoms with Crippen LogP contribution in [0.3, 0.4) is 0 Å². The number of piperidine rings is 1. The molecule has 2 heterocycles. The molecule has 2 aliphatic heterocycles. The third-order valence-electron chi connectivity index (χ3n) is 5.09. The van der Waals surface area contributed by atoms with Crippen LogP contribution in [0.2, 0.25) is 0 Å². The summed E-state index contributed by atoms with van der Waals surface area (Å²) in [7, 11) is 0. The summed E-state index contributed by atoms with van der Waals surface area (Å²) < 4.78 is 27.5. The van der Waals surface area contributed by atoms with Crippen molar-refractivity contribution in [2.24, 2.45) is 0 Å². The molecule has 0 aromatic heterocycles. The summed E-state index contributed by atoms with van der Waals surface area (Å²) in [4.78, 5) is 49.1. The number of hydrogen-bond donors (Lipinski definition) is 0. The molecular weight excluding hydrogens is 442 g/mol. The van der Waals surface area contributed by atoms with Crippen molar-refractivity contribution in [2.45, 2.75) is 76.8 Å². The molecule has 0 radical (unpaired) electrons. The van der Waals surface area contributed by atoms with E-state index in [0.29, 0.717) is 5.75 Å². The molecule has 2 aliphatic rings. The largest absolute Gasteiger partial charge is 0.463 e. The SMILES string of the molecule is CC(=O)OCC1OC(SCCN2CCCCC2)C(OC(C)=O)C(OC(C)=O)C1OC(C)=O. The molecule has 0 saturated carbocycles. The molecule has 0 aromatic rings. The van der Waals surface area contributed by atoms with Gasteiger partial charge in [-0.25, -0.2) is 0 Å². The van der Waals surface area contributed by atoms with Crippen LogP contribution in [-0.2, 0) is 42.9 Å². The van der Waals surface area contributed by atoms with Gasteiger partial charge in [0.15, 0.2) is 18.3 Å². The smallest absolute Gasteiger partial charge is 0.303 e. The quantitative estimate of drug-likeness (QED) is 0.354. The van der Waals surface area contributed by atoms with E-state index in [4.69, 9.17) is 23.7 Å². The number of carbonyl (C=O) groups is 4. The van der Waals surface area contributed by atoms with Crippen molar-refractivity contribution in [1.82, 2.24) is 4.90 Å². The summed E-state index contributed by atoms with van der Waals surface area (Å²) in [6, 6.07) is 0. The van der Waals surface area contributed by atoms with Gasteiger partial charge in [0, 0.05) is 40.0 Å². The highest BCUT2D eigenvalue weighted by molar-refractivity contribution is 7.99. The van der Waals surface area contributed by atoms with E-state index in [1.54, 1.807) is 0 Å². The first kappa shape index (κ1) is 26.4. The molecule has 2 rings (SSSR count). The molecule has 5 atom stereocenters. The number of rotatable bonds is 9. The van der Waals surface area contributed by atoms with Crippen molar-refractivity contribution < 1.29 is 42.9 Å². The number of ether oxygens (including phenoxy) is 5. The highest BCUT2D eigenvalue weighted by atomic mass is 32.2. The Balaban J connectivity index is 2.22. The minimum Gasteiger partial charge on any atom is -0.463 e. The molecule has 0 bridgehead atoms.